The molecule has 0 saturated heterocycles. The molecule has 0 radical (unpaired) electrons. The van der Waals surface area contributed by atoms with Gasteiger partial charge in [0.25, 0.3) is 0 Å². The van der Waals surface area contributed by atoms with Crippen LogP contribution in [0, 0.1) is 5.92 Å². The summed E-state index contributed by atoms with van der Waals surface area (Å²) in [5.41, 5.74) is 1.56. The normalized spacial score (nSPS) is 21.8. The van der Waals surface area contributed by atoms with Crippen molar-refractivity contribution in [1.29, 1.82) is 0 Å². The lowest BCUT2D eigenvalue weighted by Gasteiger charge is -2.35. The molecule has 1 saturated carbocycles. The smallest absolute Gasteiger partial charge is 0.308 e. The van der Waals surface area contributed by atoms with E-state index in [1.54, 1.807) is 0 Å². The van der Waals surface area contributed by atoms with Crippen molar-refractivity contribution in [2.24, 2.45) is 5.92 Å². The molecule has 0 heterocycles. The van der Waals surface area contributed by atoms with E-state index in [4.69, 9.17) is 4.74 Å². The number of benzene rings is 1. The number of carbonyl (C=O) groups excluding carboxylic acids is 1. The van der Waals surface area contributed by atoms with Gasteiger partial charge < -0.3 is 9.84 Å². The first-order valence-corrected chi connectivity index (χ1v) is 12.1. The molecule has 29 heavy (non-hydrogen) atoms. The molecule has 1 aromatic rings. The van der Waals surface area contributed by atoms with E-state index in [2.05, 4.69) is 38.1 Å². The Hall–Kier alpha value is -1.35. The van der Waals surface area contributed by atoms with Crippen LogP contribution in [0.4, 0.5) is 0 Å². The highest BCUT2D eigenvalue weighted by atomic mass is 16.5. The molecule has 1 N–H and O–H groups in total. The summed E-state index contributed by atoms with van der Waals surface area (Å²) in [6.45, 7) is 4.96. The molecule has 0 aliphatic heterocycles. The largest absolute Gasteiger partial charge is 0.465 e. The number of aryl methyl sites for hydroxylation is 1. The SMILES string of the molecule is CCCCCCCc1ccc(C2(O)CCC(C(=O)OCCCCCC)CC2)cc1. The molecule has 2 rings (SSSR count). The molecular formula is C26H42O3. The molecule has 0 atom stereocenters. The lowest BCUT2D eigenvalue weighted by Crippen LogP contribution is -2.34. The molecule has 1 fully saturated rings. The molecule has 0 bridgehead atoms. The summed E-state index contributed by atoms with van der Waals surface area (Å²) in [6.07, 6.45) is 14.8. The Labute approximate surface area is 178 Å². The van der Waals surface area contributed by atoms with Gasteiger partial charge in [-0.1, -0.05) is 83.1 Å². The minimum absolute atomic E-state index is 0.0520. The van der Waals surface area contributed by atoms with E-state index in [1.165, 1.54) is 50.5 Å². The molecule has 3 heteroatoms. The zero-order valence-corrected chi connectivity index (χ0v) is 18.8. The second kappa shape index (κ2) is 13.1. The van der Waals surface area contributed by atoms with Gasteiger partial charge in [-0.25, -0.2) is 0 Å². The van der Waals surface area contributed by atoms with Gasteiger partial charge in [0.05, 0.1) is 18.1 Å². The van der Waals surface area contributed by atoms with E-state index in [-0.39, 0.29) is 11.9 Å². The van der Waals surface area contributed by atoms with Crippen molar-refractivity contribution in [2.45, 2.75) is 109 Å². The summed E-state index contributed by atoms with van der Waals surface area (Å²) in [5, 5.41) is 11.1. The van der Waals surface area contributed by atoms with Crippen molar-refractivity contribution >= 4 is 5.97 Å². The monoisotopic (exact) mass is 402 g/mol. The number of hydrogen-bond acceptors (Lipinski definition) is 3. The fourth-order valence-corrected chi connectivity index (χ4v) is 4.35. The van der Waals surface area contributed by atoms with Crippen molar-refractivity contribution in [1.82, 2.24) is 0 Å². The molecule has 0 unspecified atom stereocenters. The highest BCUT2D eigenvalue weighted by Crippen LogP contribution is 2.40. The van der Waals surface area contributed by atoms with Gasteiger partial charge in [0.2, 0.25) is 0 Å². The second-order valence-electron chi connectivity index (χ2n) is 8.90. The van der Waals surface area contributed by atoms with Crippen LogP contribution in [0.2, 0.25) is 0 Å². The van der Waals surface area contributed by atoms with Crippen LogP contribution in [-0.4, -0.2) is 17.7 Å². The van der Waals surface area contributed by atoms with Gasteiger partial charge in [-0.15, -0.1) is 0 Å². The highest BCUT2D eigenvalue weighted by molar-refractivity contribution is 5.72. The Bertz CT molecular complexity index is 570. The molecule has 164 valence electrons. The minimum atomic E-state index is -0.794. The van der Waals surface area contributed by atoms with Crippen LogP contribution in [0.5, 0.6) is 0 Å². The third-order valence-corrected chi connectivity index (χ3v) is 6.45. The van der Waals surface area contributed by atoms with E-state index >= 15 is 0 Å². The van der Waals surface area contributed by atoms with Crippen molar-refractivity contribution < 1.29 is 14.6 Å². The highest BCUT2D eigenvalue weighted by Gasteiger charge is 2.37. The molecule has 1 aliphatic rings. The van der Waals surface area contributed by atoms with Crippen LogP contribution in [0.25, 0.3) is 0 Å². The van der Waals surface area contributed by atoms with Crippen LogP contribution in [-0.2, 0) is 21.6 Å². The Balaban J connectivity index is 1.74. The van der Waals surface area contributed by atoms with Crippen molar-refractivity contribution in [3.05, 3.63) is 35.4 Å². The fourth-order valence-electron chi connectivity index (χ4n) is 4.35. The maximum absolute atomic E-state index is 12.3. The van der Waals surface area contributed by atoms with Crippen LogP contribution >= 0.6 is 0 Å². The summed E-state index contributed by atoms with van der Waals surface area (Å²) < 4.78 is 5.46. The summed E-state index contributed by atoms with van der Waals surface area (Å²) in [5.74, 6) is -0.120. The first-order chi connectivity index (χ1) is 14.1. The van der Waals surface area contributed by atoms with E-state index in [0.717, 1.165) is 24.8 Å². The second-order valence-corrected chi connectivity index (χ2v) is 8.90. The van der Waals surface area contributed by atoms with E-state index in [9.17, 15) is 9.90 Å². The maximum atomic E-state index is 12.3. The van der Waals surface area contributed by atoms with Gasteiger partial charge in [-0.2, -0.15) is 0 Å². The third-order valence-electron chi connectivity index (χ3n) is 6.45. The van der Waals surface area contributed by atoms with Gasteiger partial charge in [-0.3, -0.25) is 4.79 Å². The Morgan fingerprint density at radius 3 is 2.14 bits per heavy atom. The quantitative estimate of drug-likeness (QED) is 0.295. The average molecular weight is 403 g/mol. The zero-order valence-electron chi connectivity index (χ0n) is 18.8. The predicted octanol–water partition coefficient (Wildman–Crippen LogP) is 6.70. The van der Waals surface area contributed by atoms with Gasteiger partial charge >= 0.3 is 5.97 Å². The molecule has 0 spiro atoms. The van der Waals surface area contributed by atoms with Gasteiger partial charge in [0.15, 0.2) is 0 Å². The first-order valence-electron chi connectivity index (χ1n) is 12.1. The van der Waals surface area contributed by atoms with Crippen molar-refractivity contribution in [2.75, 3.05) is 6.61 Å². The first kappa shape index (κ1) is 23.9. The summed E-state index contributed by atoms with van der Waals surface area (Å²) >= 11 is 0. The Morgan fingerprint density at radius 2 is 1.52 bits per heavy atom. The lowest BCUT2D eigenvalue weighted by atomic mass is 9.75. The molecule has 3 nitrogen and oxygen atoms in total. The number of rotatable bonds is 13. The standard InChI is InChI=1S/C26H42O3/c1-3-5-7-9-10-12-22-13-15-24(16-14-22)26(28)19-17-23(18-20-26)25(27)29-21-11-8-6-4-2/h13-16,23,28H,3-12,17-21H2,1-2H3. The summed E-state index contributed by atoms with van der Waals surface area (Å²) in [6, 6.07) is 8.52. The van der Waals surface area contributed by atoms with Gasteiger partial charge in [0, 0.05) is 0 Å². The molecular weight excluding hydrogens is 360 g/mol. The molecule has 0 aromatic heterocycles. The van der Waals surface area contributed by atoms with E-state index in [1.807, 2.05) is 0 Å². The number of carbonyl (C=O) groups is 1. The zero-order chi connectivity index (χ0) is 21.0. The molecule has 1 aliphatic carbocycles. The number of unbranched alkanes of at least 4 members (excludes halogenated alkanes) is 7. The van der Waals surface area contributed by atoms with Crippen molar-refractivity contribution in [3.8, 4) is 0 Å². The van der Waals surface area contributed by atoms with E-state index in [0.29, 0.717) is 32.3 Å². The number of ether oxygens (including phenoxy) is 1. The van der Waals surface area contributed by atoms with Gasteiger partial charge in [-0.05, 0) is 56.1 Å². The van der Waals surface area contributed by atoms with Gasteiger partial charge in [0.1, 0.15) is 0 Å². The van der Waals surface area contributed by atoms with Crippen LogP contribution in [0.1, 0.15) is 108 Å². The summed E-state index contributed by atoms with van der Waals surface area (Å²) in [7, 11) is 0. The Morgan fingerprint density at radius 1 is 0.931 bits per heavy atom. The topological polar surface area (TPSA) is 46.5 Å². The van der Waals surface area contributed by atoms with Crippen molar-refractivity contribution in [3.63, 3.8) is 0 Å². The predicted molar refractivity (Wildman–Crippen MR) is 120 cm³/mol. The number of hydrogen-bond donors (Lipinski definition) is 1. The average Bonchev–Trinajstić information content (AvgIpc) is 2.74. The van der Waals surface area contributed by atoms with Crippen LogP contribution < -0.4 is 0 Å². The fraction of sp³-hybridized carbons (Fsp3) is 0.731. The molecule has 0 amide bonds. The van der Waals surface area contributed by atoms with Crippen LogP contribution in [0.15, 0.2) is 24.3 Å². The third kappa shape index (κ3) is 8.12. The van der Waals surface area contributed by atoms with E-state index < -0.39 is 5.60 Å². The maximum Gasteiger partial charge on any atom is 0.308 e. The molecule has 1 aromatic carbocycles. The Kier molecular flexibility index (Phi) is 10.8. The van der Waals surface area contributed by atoms with Crippen LogP contribution in [0.3, 0.4) is 0 Å². The number of aliphatic hydroxyl groups is 1. The number of esters is 1. The lowest BCUT2D eigenvalue weighted by molar-refractivity contribution is -0.152. The minimum Gasteiger partial charge on any atom is -0.465 e. The summed E-state index contributed by atoms with van der Waals surface area (Å²) in [4.78, 5) is 12.3.